The molecule has 0 aliphatic heterocycles. The van der Waals surface area contributed by atoms with E-state index in [0.717, 1.165) is 4.88 Å². The van der Waals surface area contributed by atoms with Crippen LogP contribution in [0.25, 0.3) is 0 Å². The molecule has 1 aromatic carbocycles. The predicted octanol–water partition coefficient (Wildman–Crippen LogP) is 3.43. The molecule has 0 atom stereocenters. The topological polar surface area (TPSA) is 89.8 Å². The first-order chi connectivity index (χ1) is 11.8. The summed E-state index contributed by atoms with van der Waals surface area (Å²) in [6.45, 7) is 1.48. The number of amides is 1. The Balaban J connectivity index is 1.91. The van der Waals surface area contributed by atoms with Crippen molar-refractivity contribution in [2.45, 2.75) is 13.5 Å². The minimum Gasteiger partial charge on any atom is -0.452 e. The Labute approximate surface area is 152 Å². The zero-order valence-electron chi connectivity index (χ0n) is 13.5. The number of rotatable bonds is 6. The maximum atomic E-state index is 12.0. The minimum atomic E-state index is -0.709. The van der Waals surface area contributed by atoms with E-state index in [0.29, 0.717) is 16.4 Å². The fourth-order valence-electron chi connectivity index (χ4n) is 2.07. The summed E-state index contributed by atoms with van der Waals surface area (Å²) in [5, 5.41) is 10.8. The van der Waals surface area contributed by atoms with E-state index in [9.17, 15) is 19.7 Å². The van der Waals surface area contributed by atoms with Crippen molar-refractivity contribution in [3.63, 3.8) is 0 Å². The molecule has 1 aromatic heterocycles. The van der Waals surface area contributed by atoms with E-state index >= 15 is 0 Å². The van der Waals surface area contributed by atoms with Gasteiger partial charge in [-0.05, 0) is 31.2 Å². The second-order valence-electron chi connectivity index (χ2n) is 5.29. The average molecular weight is 383 g/mol. The highest BCUT2D eigenvalue weighted by atomic mass is 35.5. The van der Waals surface area contributed by atoms with Crippen LogP contribution in [0.5, 0.6) is 0 Å². The first-order valence-electron chi connectivity index (χ1n) is 7.18. The lowest BCUT2D eigenvalue weighted by Gasteiger charge is -2.16. The van der Waals surface area contributed by atoms with Gasteiger partial charge >= 0.3 is 5.97 Å². The molecular formula is C16H15ClN2O5S. The first kappa shape index (κ1) is 18.9. The van der Waals surface area contributed by atoms with Crippen molar-refractivity contribution in [1.82, 2.24) is 4.90 Å². The maximum absolute atomic E-state index is 12.0. The van der Waals surface area contributed by atoms with Crippen molar-refractivity contribution < 1.29 is 19.2 Å². The van der Waals surface area contributed by atoms with Gasteiger partial charge in [-0.2, -0.15) is 0 Å². The van der Waals surface area contributed by atoms with Gasteiger partial charge in [0.2, 0.25) is 0 Å². The van der Waals surface area contributed by atoms with Crippen LogP contribution in [0.1, 0.15) is 20.8 Å². The fraction of sp³-hybridized carbons (Fsp3) is 0.250. The van der Waals surface area contributed by atoms with Crippen molar-refractivity contribution >= 4 is 40.5 Å². The van der Waals surface area contributed by atoms with E-state index < -0.39 is 17.5 Å². The predicted molar refractivity (Wildman–Crippen MR) is 93.9 cm³/mol. The highest BCUT2D eigenvalue weighted by Gasteiger charge is 2.17. The Bertz CT molecular complexity index is 821. The van der Waals surface area contributed by atoms with Gasteiger partial charge in [0, 0.05) is 23.6 Å². The van der Waals surface area contributed by atoms with Crippen molar-refractivity contribution in [2.24, 2.45) is 0 Å². The minimum absolute atomic E-state index is 0.0815. The van der Waals surface area contributed by atoms with Gasteiger partial charge in [0.15, 0.2) is 6.61 Å². The van der Waals surface area contributed by atoms with E-state index in [1.165, 1.54) is 41.4 Å². The van der Waals surface area contributed by atoms with Crippen LogP contribution in [-0.2, 0) is 16.1 Å². The number of hydrogen-bond donors (Lipinski definition) is 0. The van der Waals surface area contributed by atoms with Crippen molar-refractivity contribution in [3.8, 4) is 0 Å². The number of carbonyl (C=O) groups excluding carboxylic acids is 2. The highest BCUT2D eigenvalue weighted by Crippen LogP contribution is 2.22. The number of carbonyl (C=O) groups is 2. The van der Waals surface area contributed by atoms with E-state index in [-0.39, 0.29) is 17.2 Å². The molecule has 0 radical (unpaired) electrons. The number of benzene rings is 1. The van der Waals surface area contributed by atoms with Crippen molar-refractivity contribution in [3.05, 3.63) is 60.8 Å². The summed E-state index contributed by atoms with van der Waals surface area (Å²) < 4.78 is 5.62. The summed E-state index contributed by atoms with van der Waals surface area (Å²) in [5.74, 6) is -1.07. The smallest absolute Gasteiger partial charge is 0.338 e. The molecular weight excluding hydrogens is 368 g/mol. The summed E-state index contributed by atoms with van der Waals surface area (Å²) in [6.07, 6.45) is 0. The average Bonchev–Trinajstić information content (AvgIpc) is 2.96. The number of hydrogen-bond acceptors (Lipinski definition) is 6. The first-order valence-corrected chi connectivity index (χ1v) is 8.37. The molecule has 0 saturated carbocycles. The van der Waals surface area contributed by atoms with Crippen LogP contribution < -0.4 is 0 Å². The summed E-state index contributed by atoms with van der Waals surface area (Å²) in [7, 11) is 1.60. The van der Waals surface area contributed by atoms with Gasteiger partial charge in [0.25, 0.3) is 11.6 Å². The van der Waals surface area contributed by atoms with E-state index in [4.69, 9.17) is 16.3 Å². The van der Waals surface area contributed by atoms with Gasteiger partial charge in [0.1, 0.15) is 0 Å². The molecule has 1 heterocycles. The Hall–Kier alpha value is -2.45. The zero-order valence-corrected chi connectivity index (χ0v) is 15.1. The third-order valence-corrected chi connectivity index (χ3v) is 4.62. The largest absolute Gasteiger partial charge is 0.452 e. The number of thiophene rings is 1. The van der Waals surface area contributed by atoms with Gasteiger partial charge in [-0.1, -0.05) is 11.6 Å². The van der Waals surface area contributed by atoms with Crippen molar-refractivity contribution in [1.29, 1.82) is 0 Å². The molecule has 7 nitrogen and oxygen atoms in total. The molecule has 0 N–H and O–H groups in total. The van der Waals surface area contributed by atoms with Crippen molar-refractivity contribution in [2.75, 3.05) is 13.7 Å². The fourth-order valence-corrected chi connectivity index (χ4v) is 3.21. The maximum Gasteiger partial charge on any atom is 0.338 e. The van der Waals surface area contributed by atoms with E-state index in [1.54, 1.807) is 13.1 Å². The molecule has 132 valence electrons. The molecule has 0 aliphatic carbocycles. The van der Waals surface area contributed by atoms with Crippen LogP contribution in [0.3, 0.4) is 0 Å². The Morgan fingerprint density at radius 1 is 1.32 bits per heavy atom. The van der Waals surface area contributed by atoms with Crippen LogP contribution in [0, 0.1) is 17.0 Å². The lowest BCUT2D eigenvalue weighted by atomic mass is 10.1. The number of nitrogens with zero attached hydrogens (tertiary/aromatic N) is 2. The number of halogens is 1. The van der Waals surface area contributed by atoms with Crippen LogP contribution in [0.2, 0.25) is 4.34 Å². The number of esters is 1. The van der Waals surface area contributed by atoms with Crippen LogP contribution >= 0.6 is 22.9 Å². The molecule has 0 aliphatic rings. The number of likely N-dealkylation sites (N-methyl/N-ethyl adjacent to an activating group) is 1. The SMILES string of the molecule is Cc1cc(C(=O)OCC(=O)N(C)Cc2ccc(Cl)s2)ccc1[N+](=O)[O-]. The third-order valence-electron chi connectivity index (χ3n) is 3.40. The molecule has 0 unspecified atom stereocenters. The molecule has 0 fully saturated rings. The standard InChI is InChI=1S/C16H15ClN2O5S/c1-10-7-11(3-5-13(10)19(22)23)16(21)24-9-15(20)18(2)8-12-4-6-14(17)25-12/h3-7H,8-9H2,1-2H3. The summed E-state index contributed by atoms with van der Waals surface area (Å²) in [5.41, 5.74) is 0.419. The Morgan fingerprint density at radius 2 is 2.04 bits per heavy atom. The number of ether oxygens (including phenoxy) is 1. The van der Waals surface area contributed by atoms with Crippen LogP contribution in [-0.4, -0.2) is 35.4 Å². The Morgan fingerprint density at radius 3 is 2.60 bits per heavy atom. The molecule has 0 bridgehead atoms. The Kier molecular flexibility index (Phi) is 6.11. The van der Waals surface area contributed by atoms with E-state index in [2.05, 4.69) is 0 Å². The third kappa shape index (κ3) is 5.01. The van der Waals surface area contributed by atoms with Gasteiger partial charge in [-0.15, -0.1) is 11.3 Å². The molecule has 9 heteroatoms. The van der Waals surface area contributed by atoms with E-state index in [1.807, 2.05) is 6.07 Å². The van der Waals surface area contributed by atoms with Gasteiger partial charge < -0.3 is 9.64 Å². The number of aryl methyl sites for hydroxylation is 1. The summed E-state index contributed by atoms with van der Waals surface area (Å²) >= 11 is 7.21. The summed E-state index contributed by atoms with van der Waals surface area (Å²) in [6, 6.07) is 7.47. The second-order valence-corrected chi connectivity index (χ2v) is 7.09. The summed E-state index contributed by atoms with van der Waals surface area (Å²) in [4.78, 5) is 36.6. The normalized spacial score (nSPS) is 10.4. The highest BCUT2D eigenvalue weighted by molar-refractivity contribution is 7.16. The molecule has 25 heavy (non-hydrogen) atoms. The van der Waals surface area contributed by atoms with Gasteiger partial charge in [-0.25, -0.2) is 4.79 Å². The lowest BCUT2D eigenvalue weighted by molar-refractivity contribution is -0.385. The number of nitro benzene ring substituents is 1. The molecule has 1 amide bonds. The monoisotopic (exact) mass is 382 g/mol. The molecule has 2 aromatic rings. The van der Waals surface area contributed by atoms with Gasteiger partial charge in [-0.3, -0.25) is 14.9 Å². The molecule has 2 rings (SSSR count). The van der Waals surface area contributed by atoms with Crippen LogP contribution in [0.4, 0.5) is 5.69 Å². The quantitative estimate of drug-likeness (QED) is 0.433. The van der Waals surface area contributed by atoms with Crippen LogP contribution in [0.15, 0.2) is 30.3 Å². The zero-order chi connectivity index (χ0) is 18.6. The molecule has 0 saturated heterocycles. The van der Waals surface area contributed by atoms with Gasteiger partial charge in [0.05, 0.1) is 21.4 Å². The molecule has 0 spiro atoms. The second kappa shape index (κ2) is 8.09. The lowest BCUT2D eigenvalue weighted by Crippen LogP contribution is -2.30. The number of nitro groups is 1.